The van der Waals surface area contributed by atoms with E-state index < -0.39 is 0 Å². The Bertz CT molecular complexity index is 254. The number of hydrogen-bond donors (Lipinski definition) is 2. The van der Waals surface area contributed by atoms with Crippen LogP contribution in [0.3, 0.4) is 0 Å². The van der Waals surface area contributed by atoms with Crippen molar-refractivity contribution >= 4 is 0 Å². The molecule has 2 heteroatoms. The normalized spacial score (nSPS) is 10.5. The molecule has 0 spiro atoms. The molecule has 0 saturated heterocycles. The van der Waals surface area contributed by atoms with E-state index in [4.69, 9.17) is 0 Å². The first-order valence-electron chi connectivity index (χ1n) is 5.80. The van der Waals surface area contributed by atoms with E-state index in [1.807, 2.05) is 7.05 Å². The number of likely N-dealkylation sites (N-methyl/N-ethyl adjacent to an activating group) is 1. The Morgan fingerprint density at radius 2 is 1.67 bits per heavy atom. The van der Waals surface area contributed by atoms with Crippen LogP contribution < -0.4 is 10.6 Å². The molecule has 0 unspecified atom stereocenters. The molecule has 0 aliphatic carbocycles. The fraction of sp³-hybridized carbons (Fsp3) is 0.538. The molecule has 15 heavy (non-hydrogen) atoms. The average Bonchev–Trinajstić information content (AvgIpc) is 2.27. The van der Waals surface area contributed by atoms with Crippen molar-refractivity contribution in [2.45, 2.75) is 26.3 Å². The zero-order chi connectivity index (χ0) is 10.9. The lowest BCUT2D eigenvalue weighted by Gasteiger charge is -2.05. The predicted molar refractivity (Wildman–Crippen MR) is 66.1 cm³/mol. The molecule has 1 rings (SSSR count). The second-order valence-corrected chi connectivity index (χ2v) is 3.85. The molecular weight excluding hydrogens is 184 g/mol. The van der Waals surface area contributed by atoms with E-state index in [-0.39, 0.29) is 0 Å². The molecule has 0 aromatic heterocycles. The van der Waals surface area contributed by atoms with Crippen LogP contribution in [-0.4, -0.2) is 20.1 Å². The van der Waals surface area contributed by atoms with Crippen molar-refractivity contribution in [2.24, 2.45) is 0 Å². The van der Waals surface area contributed by atoms with Gasteiger partial charge in [0.1, 0.15) is 0 Å². The fourth-order valence-electron chi connectivity index (χ4n) is 1.56. The third-order valence-corrected chi connectivity index (χ3v) is 2.44. The lowest BCUT2D eigenvalue weighted by atomic mass is 10.1. The van der Waals surface area contributed by atoms with E-state index >= 15 is 0 Å². The smallest absolute Gasteiger partial charge is 0.0206 e. The zero-order valence-electron chi connectivity index (χ0n) is 9.84. The number of aryl methyl sites for hydroxylation is 1. The lowest BCUT2D eigenvalue weighted by Crippen LogP contribution is -2.24. The van der Waals surface area contributed by atoms with Gasteiger partial charge >= 0.3 is 0 Å². The summed E-state index contributed by atoms with van der Waals surface area (Å²) in [4.78, 5) is 0. The first-order valence-corrected chi connectivity index (χ1v) is 5.80. The van der Waals surface area contributed by atoms with E-state index in [1.54, 1.807) is 0 Å². The van der Waals surface area contributed by atoms with Crippen molar-refractivity contribution in [1.82, 2.24) is 10.6 Å². The van der Waals surface area contributed by atoms with Crippen LogP contribution in [0.25, 0.3) is 0 Å². The van der Waals surface area contributed by atoms with Gasteiger partial charge in [-0.3, -0.25) is 0 Å². The van der Waals surface area contributed by atoms with Crippen molar-refractivity contribution in [2.75, 3.05) is 20.1 Å². The summed E-state index contributed by atoms with van der Waals surface area (Å²) in [5.74, 6) is 0. The Balaban J connectivity index is 2.29. The van der Waals surface area contributed by atoms with Crippen molar-refractivity contribution in [3.8, 4) is 0 Å². The molecule has 0 atom stereocenters. The molecule has 1 aromatic rings. The Hall–Kier alpha value is -0.860. The molecule has 2 N–H and O–H groups in total. The second kappa shape index (κ2) is 7.43. The third-order valence-electron chi connectivity index (χ3n) is 2.44. The summed E-state index contributed by atoms with van der Waals surface area (Å²) in [5, 5.41) is 6.51. The van der Waals surface area contributed by atoms with Crippen LogP contribution in [0.1, 0.15) is 24.5 Å². The van der Waals surface area contributed by atoms with Crippen LogP contribution in [0.2, 0.25) is 0 Å². The number of rotatable bonds is 7. The topological polar surface area (TPSA) is 24.1 Å². The SMILES string of the molecule is CCCc1ccc(CNCCNC)cc1. The van der Waals surface area contributed by atoms with Gasteiger partial charge in [0.25, 0.3) is 0 Å². The molecule has 84 valence electrons. The predicted octanol–water partition coefficient (Wildman–Crippen LogP) is 1.95. The first kappa shape index (κ1) is 12.2. The van der Waals surface area contributed by atoms with Gasteiger partial charge in [0, 0.05) is 19.6 Å². The quantitative estimate of drug-likeness (QED) is 0.666. The summed E-state index contributed by atoms with van der Waals surface area (Å²) in [6, 6.07) is 8.91. The summed E-state index contributed by atoms with van der Waals surface area (Å²) in [6.45, 7) is 5.22. The van der Waals surface area contributed by atoms with E-state index in [1.165, 1.54) is 24.0 Å². The van der Waals surface area contributed by atoms with Gasteiger partial charge in [0.05, 0.1) is 0 Å². The Labute approximate surface area is 93.1 Å². The molecule has 2 nitrogen and oxygen atoms in total. The molecule has 0 aliphatic rings. The van der Waals surface area contributed by atoms with Gasteiger partial charge in [-0.15, -0.1) is 0 Å². The van der Waals surface area contributed by atoms with E-state index in [9.17, 15) is 0 Å². The highest BCUT2D eigenvalue weighted by Crippen LogP contribution is 2.06. The highest BCUT2D eigenvalue weighted by molar-refractivity contribution is 5.22. The van der Waals surface area contributed by atoms with Gasteiger partial charge < -0.3 is 10.6 Å². The monoisotopic (exact) mass is 206 g/mol. The van der Waals surface area contributed by atoms with Crippen LogP contribution in [0.4, 0.5) is 0 Å². The van der Waals surface area contributed by atoms with Gasteiger partial charge in [-0.25, -0.2) is 0 Å². The highest BCUT2D eigenvalue weighted by atomic mass is 14.9. The largest absolute Gasteiger partial charge is 0.318 e. The Morgan fingerprint density at radius 3 is 2.27 bits per heavy atom. The van der Waals surface area contributed by atoms with E-state index in [0.717, 1.165) is 19.6 Å². The fourth-order valence-corrected chi connectivity index (χ4v) is 1.56. The average molecular weight is 206 g/mol. The summed E-state index contributed by atoms with van der Waals surface area (Å²) in [5.41, 5.74) is 2.81. The van der Waals surface area contributed by atoms with Crippen LogP contribution in [-0.2, 0) is 13.0 Å². The van der Waals surface area contributed by atoms with Crippen LogP contribution >= 0.6 is 0 Å². The number of benzene rings is 1. The second-order valence-electron chi connectivity index (χ2n) is 3.85. The molecule has 0 amide bonds. The molecule has 1 aromatic carbocycles. The molecule has 0 bridgehead atoms. The molecule has 0 aliphatic heterocycles. The molecule has 0 heterocycles. The zero-order valence-corrected chi connectivity index (χ0v) is 9.84. The molecule has 0 saturated carbocycles. The van der Waals surface area contributed by atoms with Gasteiger partial charge in [-0.2, -0.15) is 0 Å². The number of nitrogens with one attached hydrogen (secondary N) is 2. The van der Waals surface area contributed by atoms with Crippen molar-refractivity contribution < 1.29 is 0 Å². The molecular formula is C13H22N2. The maximum Gasteiger partial charge on any atom is 0.0206 e. The van der Waals surface area contributed by atoms with Crippen LogP contribution in [0.15, 0.2) is 24.3 Å². The van der Waals surface area contributed by atoms with Crippen molar-refractivity contribution in [1.29, 1.82) is 0 Å². The van der Waals surface area contributed by atoms with Gasteiger partial charge in [-0.05, 0) is 24.6 Å². The summed E-state index contributed by atoms with van der Waals surface area (Å²) in [6.07, 6.45) is 2.41. The minimum absolute atomic E-state index is 0.966. The van der Waals surface area contributed by atoms with Gasteiger partial charge in [0.15, 0.2) is 0 Å². The number of hydrogen-bond acceptors (Lipinski definition) is 2. The minimum Gasteiger partial charge on any atom is -0.318 e. The van der Waals surface area contributed by atoms with E-state index in [0.29, 0.717) is 0 Å². The minimum atomic E-state index is 0.966. The lowest BCUT2D eigenvalue weighted by molar-refractivity contribution is 0.650. The summed E-state index contributed by atoms with van der Waals surface area (Å²) in [7, 11) is 1.97. The Kier molecular flexibility index (Phi) is 6.05. The van der Waals surface area contributed by atoms with Crippen molar-refractivity contribution in [3.63, 3.8) is 0 Å². The molecule has 0 radical (unpaired) electrons. The molecule has 0 fully saturated rings. The van der Waals surface area contributed by atoms with E-state index in [2.05, 4.69) is 41.8 Å². The third kappa shape index (κ3) is 4.96. The highest BCUT2D eigenvalue weighted by Gasteiger charge is 1.93. The van der Waals surface area contributed by atoms with Crippen LogP contribution in [0, 0.1) is 0 Å². The van der Waals surface area contributed by atoms with Gasteiger partial charge in [0.2, 0.25) is 0 Å². The van der Waals surface area contributed by atoms with Crippen molar-refractivity contribution in [3.05, 3.63) is 35.4 Å². The van der Waals surface area contributed by atoms with Crippen LogP contribution in [0.5, 0.6) is 0 Å². The maximum absolute atomic E-state index is 3.39. The summed E-state index contributed by atoms with van der Waals surface area (Å²) < 4.78 is 0. The first-order chi connectivity index (χ1) is 7.36. The maximum atomic E-state index is 3.39. The summed E-state index contributed by atoms with van der Waals surface area (Å²) >= 11 is 0. The van der Waals surface area contributed by atoms with Gasteiger partial charge in [-0.1, -0.05) is 37.6 Å². The Morgan fingerprint density at radius 1 is 1.00 bits per heavy atom. The standard InChI is InChI=1S/C13H22N2/c1-3-4-12-5-7-13(8-6-12)11-15-10-9-14-2/h5-8,14-15H,3-4,9-11H2,1-2H3.